The molecule has 0 bridgehead atoms. The lowest BCUT2D eigenvalue weighted by Gasteiger charge is -2.37. The molecule has 24 heavy (non-hydrogen) atoms. The zero-order valence-corrected chi connectivity index (χ0v) is 13.6. The summed E-state index contributed by atoms with van der Waals surface area (Å²) >= 11 is 0. The molecule has 0 amide bonds. The first-order valence-electron chi connectivity index (χ1n) is 8.41. The first kappa shape index (κ1) is 17.1. The van der Waals surface area contributed by atoms with Crippen LogP contribution in [0.4, 0.5) is 0 Å². The van der Waals surface area contributed by atoms with Gasteiger partial charge in [-0.2, -0.15) is 0 Å². The van der Waals surface area contributed by atoms with Gasteiger partial charge >= 0.3 is 0 Å². The third-order valence-corrected chi connectivity index (χ3v) is 4.46. The summed E-state index contributed by atoms with van der Waals surface area (Å²) in [5.41, 5.74) is 2.11. The van der Waals surface area contributed by atoms with Crippen molar-refractivity contribution < 1.29 is 19.7 Å². The second kappa shape index (κ2) is 8.40. The minimum Gasteiger partial charge on any atom is -0.388 e. The van der Waals surface area contributed by atoms with Crippen molar-refractivity contribution >= 4 is 0 Å². The van der Waals surface area contributed by atoms with Crippen molar-refractivity contribution in [2.45, 2.75) is 50.5 Å². The Morgan fingerprint density at radius 2 is 1.04 bits per heavy atom. The van der Waals surface area contributed by atoms with Crippen LogP contribution in [0.15, 0.2) is 60.7 Å². The predicted octanol–water partition coefficient (Wildman–Crippen LogP) is 2.67. The molecular weight excluding hydrogens is 304 g/mol. The summed E-state index contributed by atoms with van der Waals surface area (Å²) in [6.07, 6.45) is -1.24. The maximum Gasteiger partial charge on any atom is 0.109 e. The summed E-state index contributed by atoms with van der Waals surface area (Å²) in [6.45, 7) is 0.871. The zero-order chi connectivity index (χ0) is 16.8. The number of rotatable bonds is 6. The van der Waals surface area contributed by atoms with Crippen LogP contribution in [0.5, 0.6) is 0 Å². The smallest absolute Gasteiger partial charge is 0.109 e. The average Bonchev–Trinajstić information content (AvgIpc) is 2.64. The molecule has 0 saturated heterocycles. The minimum absolute atomic E-state index is 0.364. The van der Waals surface area contributed by atoms with Gasteiger partial charge in [0, 0.05) is 0 Å². The van der Waals surface area contributed by atoms with Crippen molar-refractivity contribution in [1.29, 1.82) is 0 Å². The number of hydrogen-bond donors (Lipinski definition) is 2. The van der Waals surface area contributed by atoms with Crippen molar-refractivity contribution in [2.24, 2.45) is 0 Å². The summed E-state index contributed by atoms with van der Waals surface area (Å²) in [6, 6.07) is 19.7. The van der Waals surface area contributed by atoms with E-state index in [9.17, 15) is 10.2 Å². The summed E-state index contributed by atoms with van der Waals surface area (Å²) in [5, 5.41) is 20.7. The van der Waals surface area contributed by atoms with E-state index >= 15 is 0 Å². The lowest BCUT2D eigenvalue weighted by Crippen LogP contribution is -2.50. The molecule has 4 heteroatoms. The van der Waals surface area contributed by atoms with Gasteiger partial charge in [0.25, 0.3) is 0 Å². The maximum atomic E-state index is 10.3. The van der Waals surface area contributed by atoms with Crippen molar-refractivity contribution in [3.05, 3.63) is 71.8 Å². The molecule has 4 atom stereocenters. The molecule has 3 rings (SSSR count). The summed E-state index contributed by atoms with van der Waals surface area (Å²) < 4.78 is 11.6. The van der Waals surface area contributed by atoms with Crippen LogP contribution in [0, 0.1) is 0 Å². The molecule has 2 aromatic carbocycles. The highest BCUT2D eigenvalue weighted by Gasteiger charge is 2.38. The molecule has 0 heterocycles. The van der Waals surface area contributed by atoms with E-state index in [1.54, 1.807) is 0 Å². The van der Waals surface area contributed by atoms with Crippen molar-refractivity contribution in [3.63, 3.8) is 0 Å². The Kier molecular flexibility index (Phi) is 5.99. The van der Waals surface area contributed by atoms with Gasteiger partial charge in [0.2, 0.25) is 0 Å². The largest absolute Gasteiger partial charge is 0.388 e. The number of aliphatic hydroxyl groups is 2. The lowest BCUT2D eigenvalue weighted by molar-refractivity contribution is -0.172. The molecule has 1 aliphatic carbocycles. The second-order valence-electron chi connectivity index (χ2n) is 6.23. The Balaban J connectivity index is 1.49. The van der Waals surface area contributed by atoms with Gasteiger partial charge in [-0.05, 0) is 24.0 Å². The summed E-state index contributed by atoms with van der Waals surface area (Å²) in [4.78, 5) is 0. The molecule has 1 aliphatic rings. The van der Waals surface area contributed by atoms with E-state index in [1.165, 1.54) is 0 Å². The average molecular weight is 328 g/mol. The third-order valence-electron chi connectivity index (χ3n) is 4.46. The van der Waals surface area contributed by atoms with Crippen LogP contribution < -0.4 is 0 Å². The SMILES string of the molecule is O[C@@H]1[C@H](O)[C@H](OCc2ccccc2)CC[C@H]1OCc1ccccc1. The minimum atomic E-state index is -0.928. The molecule has 4 nitrogen and oxygen atoms in total. The molecule has 1 saturated carbocycles. The van der Waals surface area contributed by atoms with Crippen LogP contribution in [0.1, 0.15) is 24.0 Å². The summed E-state index contributed by atoms with van der Waals surface area (Å²) in [5.74, 6) is 0. The molecule has 1 fully saturated rings. The second-order valence-corrected chi connectivity index (χ2v) is 6.23. The van der Waals surface area contributed by atoms with Crippen LogP contribution in [-0.4, -0.2) is 34.6 Å². The van der Waals surface area contributed by atoms with E-state index in [0.29, 0.717) is 26.1 Å². The van der Waals surface area contributed by atoms with Gasteiger partial charge in [-0.25, -0.2) is 0 Å². The van der Waals surface area contributed by atoms with Crippen molar-refractivity contribution in [3.8, 4) is 0 Å². The zero-order valence-electron chi connectivity index (χ0n) is 13.6. The van der Waals surface area contributed by atoms with Crippen LogP contribution in [0.3, 0.4) is 0 Å². The van der Waals surface area contributed by atoms with E-state index in [1.807, 2.05) is 60.7 Å². The predicted molar refractivity (Wildman–Crippen MR) is 91.3 cm³/mol. The molecule has 2 N–H and O–H groups in total. The van der Waals surface area contributed by atoms with E-state index in [2.05, 4.69) is 0 Å². The molecule has 0 unspecified atom stereocenters. The topological polar surface area (TPSA) is 58.9 Å². The Labute approximate surface area is 142 Å². The summed E-state index contributed by atoms with van der Waals surface area (Å²) in [7, 11) is 0. The van der Waals surface area contributed by atoms with Gasteiger partial charge in [-0.3, -0.25) is 0 Å². The van der Waals surface area contributed by atoms with Crippen LogP contribution >= 0.6 is 0 Å². The molecule has 0 aliphatic heterocycles. The van der Waals surface area contributed by atoms with Crippen LogP contribution in [0.2, 0.25) is 0 Å². The fraction of sp³-hybridized carbons (Fsp3) is 0.400. The first-order valence-corrected chi connectivity index (χ1v) is 8.41. The molecule has 0 spiro atoms. The fourth-order valence-corrected chi connectivity index (χ4v) is 3.03. The van der Waals surface area contributed by atoms with Crippen LogP contribution in [-0.2, 0) is 22.7 Å². The van der Waals surface area contributed by atoms with E-state index in [4.69, 9.17) is 9.47 Å². The highest BCUT2D eigenvalue weighted by atomic mass is 16.5. The van der Waals surface area contributed by atoms with Gasteiger partial charge in [0.05, 0.1) is 25.4 Å². The Hall–Kier alpha value is -1.72. The van der Waals surface area contributed by atoms with E-state index in [0.717, 1.165) is 11.1 Å². The van der Waals surface area contributed by atoms with Gasteiger partial charge in [-0.1, -0.05) is 60.7 Å². The Morgan fingerprint density at radius 3 is 1.42 bits per heavy atom. The Bertz CT molecular complexity index is 546. The van der Waals surface area contributed by atoms with Gasteiger partial charge in [0.1, 0.15) is 12.2 Å². The molecule has 0 aromatic heterocycles. The fourth-order valence-electron chi connectivity index (χ4n) is 3.03. The first-order chi connectivity index (χ1) is 11.7. The van der Waals surface area contributed by atoms with E-state index < -0.39 is 12.2 Å². The van der Waals surface area contributed by atoms with Gasteiger partial charge in [-0.15, -0.1) is 0 Å². The highest BCUT2D eigenvalue weighted by molar-refractivity contribution is 5.14. The van der Waals surface area contributed by atoms with Gasteiger partial charge in [0.15, 0.2) is 0 Å². The number of ether oxygens (including phenoxy) is 2. The quantitative estimate of drug-likeness (QED) is 0.856. The molecule has 128 valence electrons. The lowest BCUT2D eigenvalue weighted by atomic mass is 9.89. The number of benzene rings is 2. The van der Waals surface area contributed by atoms with Crippen molar-refractivity contribution in [2.75, 3.05) is 0 Å². The molecule has 2 aromatic rings. The molecular formula is C20H24O4. The van der Waals surface area contributed by atoms with Gasteiger partial charge < -0.3 is 19.7 Å². The third kappa shape index (κ3) is 4.42. The van der Waals surface area contributed by atoms with Crippen LogP contribution in [0.25, 0.3) is 0 Å². The van der Waals surface area contributed by atoms with Crippen molar-refractivity contribution in [1.82, 2.24) is 0 Å². The Morgan fingerprint density at radius 1 is 0.667 bits per heavy atom. The highest BCUT2D eigenvalue weighted by Crippen LogP contribution is 2.26. The number of hydrogen-bond acceptors (Lipinski definition) is 4. The number of aliphatic hydroxyl groups excluding tert-OH is 2. The normalized spacial score (nSPS) is 27.1. The maximum absolute atomic E-state index is 10.3. The van der Waals surface area contributed by atoms with E-state index in [-0.39, 0.29) is 12.2 Å². The monoisotopic (exact) mass is 328 g/mol. The standard InChI is InChI=1S/C20H24O4/c21-19-17(23-13-15-7-3-1-4-8-15)11-12-18(20(19)22)24-14-16-9-5-2-6-10-16/h1-10,17-22H,11-14H2/t17-,18-,19-,20+/m1/s1. The molecule has 0 radical (unpaired) electrons.